The fourth-order valence-corrected chi connectivity index (χ4v) is 7.05. The van der Waals surface area contributed by atoms with E-state index in [4.69, 9.17) is 0 Å². The van der Waals surface area contributed by atoms with Gasteiger partial charge in [-0.25, -0.2) is 8.78 Å². The Morgan fingerprint density at radius 2 is 1.26 bits per heavy atom. The molecule has 0 aromatic heterocycles. The molecule has 1 aromatic carbocycles. The Balaban J connectivity index is 1.14. The van der Waals surface area contributed by atoms with Gasteiger partial charge >= 0.3 is 0 Å². The third-order valence-electron chi connectivity index (χ3n) is 9.08. The van der Waals surface area contributed by atoms with Gasteiger partial charge in [-0.15, -0.1) is 0 Å². The van der Waals surface area contributed by atoms with Crippen molar-refractivity contribution in [2.45, 2.75) is 103 Å². The molecular weight excluding hydrogens is 386 g/mol. The summed E-state index contributed by atoms with van der Waals surface area (Å²) in [5, 5.41) is 0. The highest BCUT2D eigenvalue weighted by atomic mass is 19.2. The van der Waals surface area contributed by atoms with Crippen molar-refractivity contribution < 1.29 is 8.78 Å². The summed E-state index contributed by atoms with van der Waals surface area (Å²) in [7, 11) is 0. The predicted molar refractivity (Wildman–Crippen MR) is 126 cm³/mol. The summed E-state index contributed by atoms with van der Waals surface area (Å²) >= 11 is 0. The number of allylic oxidation sites excluding steroid dienone is 2. The monoisotopic (exact) mass is 428 g/mol. The van der Waals surface area contributed by atoms with E-state index < -0.39 is 11.6 Å². The molecule has 0 heterocycles. The zero-order chi connectivity index (χ0) is 21.6. The van der Waals surface area contributed by atoms with Crippen molar-refractivity contribution in [3.63, 3.8) is 0 Å². The SMILES string of the molecule is C/C=C/C1CCC(CCC2CCC(C3CCC(c4ccc(F)c(F)c4)CC3)CC2)CC1. The molecule has 172 valence electrons. The molecule has 3 saturated carbocycles. The van der Waals surface area contributed by atoms with Gasteiger partial charge in [0.15, 0.2) is 11.6 Å². The van der Waals surface area contributed by atoms with Gasteiger partial charge in [0, 0.05) is 0 Å². The zero-order valence-corrected chi connectivity index (χ0v) is 19.5. The number of rotatable bonds is 6. The Morgan fingerprint density at radius 3 is 1.81 bits per heavy atom. The van der Waals surface area contributed by atoms with Crippen LogP contribution in [0.25, 0.3) is 0 Å². The predicted octanol–water partition coefficient (Wildman–Crippen LogP) is 9.21. The first-order chi connectivity index (χ1) is 15.1. The van der Waals surface area contributed by atoms with Crippen LogP contribution < -0.4 is 0 Å². The lowest BCUT2D eigenvalue weighted by Gasteiger charge is -2.38. The summed E-state index contributed by atoms with van der Waals surface area (Å²) in [5.74, 6) is 3.61. The van der Waals surface area contributed by atoms with Gasteiger partial charge in [-0.1, -0.05) is 43.9 Å². The van der Waals surface area contributed by atoms with E-state index in [1.54, 1.807) is 6.07 Å². The third-order valence-corrected chi connectivity index (χ3v) is 9.08. The molecule has 2 heteroatoms. The fourth-order valence-electron chi connectivity index (χ4n) is 7.05. The van der Waals surface area contributed by atoms with E-state index in [-0.39, 0.29) is 0 Å². The van der Waals surface area contributed by atoms with Crippen molar-refractivity contribution in [3.05, 3.63) is 47.5 Å². The van der Waals surface area contributed by atoms with Crippen LogP contribution in [0.5, 0.6) is 0 Å². The van der Waals surface area contributed by atoms with E-state index in [9.17, 15) is 8.78 Å². The molecule has 0 radical (unpaired) electrons. The van der Waals surface area contributed by atoms with Crippen LogP contribution in [0.3, 0.4) is 0 Å². The van der Waals surface area contributed by atoms with E-state index in [2.05, 4.69) is 19.1 Å². The molecule has 0 unspecified atom stereocenters. The van der Waals surface area contributed by atoms with Crippen LogP contribution in [-0.4, -0.2) is 0 Å². The van der Waals surface area contributed by atoms with Crippen LogP contribution in [-0.2, 0) is 0 Å². The number of hydrogen-bond donors (Lipinski definition) is 0. The Morgan fingerprint density at radius 1 is 0.710 bits per heavy atom. The molecule has 0 amide bonds. The second-order valence-corrected chi connectivity index (χ2v) is 10.9. The lowest BCUT2D eigenvalue weighted by Crippen LogP contribution is -2.25. The first-order valence-electron chi connectivity index (χ1n) is 13.2. The lowest BCUT2D eigenvalue weighted by atomic mass is 9.67. The summed E-state index contributed by atoms with van der Waals surface area (Å²) in [6.07, 6.45) is 23.9. The van der Waals surface area contributed by atoms with Gasteiger partial charge in [-0.3, -0.25) is 0 Å². The van der Waals surface area contributed by atoms with Crippen LogP contribution in [0.4, 0.5) is 8.78 Å². The molecule has 3 fully saturated rings. The molecule has 3 aliphatic carbocycles. The number of benzene rings is 1. The number of halogens is 2. The second-order valence-electron chi connectivity index (χ2n) is 10.9. The third kappa shape index (κ3) is 6.20. The Labute approximate surface area is 188 Å². The molecule has 0 saturated heterocycles. The standard InChI is InChI=1S/C29H42F2/c1-2-3-21-4-6-22(7-5-21)8-9-23-10-12-24(13-11-23)25-14-16-26(17-15-25)27-18-19-28(30)29(31)20-27/h2-3,18-26H,4-17H2,1H3/b3-2+. The van der Waals surface area contributed by atoms with Gasteiger partial charge in [-0.05, 0) is 124 Å². The van der Waals surface area contributed by atoms with E-state index in [0.717, 1.165) is 48.0 Å². The minimum Gasteiger partial charge on any atom is -0.204 e. The van der Waals surface area contributed by atoms with Crippen molar-refractivity contribution in [1.29, 1.82) is 0 Å². The summed E-state index contributed by atoms with van der Waals surface area (Å²) in [4.78, 5) is 0. The maximum absolute atomic E-state index is 13.6. The van der Waals surface area contributed by atoms with Gasteiger partial charge in [0.1, 0.15) is 0 Å². The number of hydrogen-bond acceptors (Lipinski definition) is 0. The summed E-state index contributed by atoms with van der Waals surface area (Å²) in [5.41, 5.74) is 1.00. The highest BCUT2D eigenvalue weighted by Crippen LogP contribution is 2.45. The van der Waals surface area contributed by atoms with Gasteiger partial charge < -0.3 is 0 Å². The quantitative estimate of drug-likeness (QED) is 0.396. The first-order valence-corrected chi connectivity index (χ1v) is 13.2. The highest BCUT2D eigenvalue weighted by molar-refractivity contribution is 5.22. The first kappa shape index (κ1) is 23.0. The van der Waals surface area contributed by atoms with Crippen molar-refractivity contribution in [2.75, 3.05) is 0 Å². The van der Waals surface area contributed by atoms with E-state index >= 15 is 0 Å². The lowest BCUT2D eigenvalue weighted by molar-refractivity contribution is 0.151. The smallest absolute Gasteiger partial charge is 0.159 e. The summed E-state index contributed by atoms with van der Waals surface area (Å²) in [6, 6.07) is 4.52. The molecule has 4 rings (SSSR count). The molecule has 0 nitrogen and oxygen atoms in total. The molecule has 0 bridgehead atoms. The van der Waals surface area contributed by atoms with Crippen molar-refractivity contribution in [2.24, 2.45) is 29.6 Å². The normalized spacial score (nSPS) is 34.8. The molecular formula is C29H42F2. The van der Waals surface area contributed by atoms with Crippen LogP contribution >= 0.6 is 0 Å². The Hall–Kier alpha value is -1.18. The van der Waals surface area contributed by atoms with Crippen molar-refractivity contribution in [3.8, 4) is 0 Å². The average molecular weight is 429 g/mol. The Kier molecular flexibility index (Phi) is 8.24. The van der Waals surface area contributed by atoms with E-state index in [1.165, 1.54) is 89.2 Å². The molecule has 1 aromatic rings. The summed E-state index contributed by atoms with van der Waals surface area (Å²) in [6.45, 7) is 2.15. The molecule has 0 N–H and O–H groups in total. The van der Waals surface area contributed by atoms with Crippen molar-refractivity contribution in [1.82, 2.24) is 0 Å². The maximum Gasteiger partial charge on any atom is 0.159 e. The molecule has 0 atom stereocenters. The van der Waals surface area contributed by atoms with Gasteiger partial charge in [-0.2, -0.15) is 0 Å². The van der Waals surface area contributed by atoms with Crippen LogP contribution in [0.15, 0.2) is 30.4 Å². The fraction of sp³-hybridized carbons (Fsp3) is 0.724. The van der Waals surface area contributed by atoms with Crippen LogP contribution in [0, 0.1) is 41.2 Å². The molecule has 3 aliphatic rings. The molecule has 31 heavy (non-hydrogen) atoms. The molecule has 0 aliphatic heterocycles. The maximum atomic E-state index is 13.6. The van der Waals surface area contributed by atoms with Crippen LogP contribution in [0.2, 0.25) is 0 Å². The topological polar surface area (TPSA) is 0 Å². The van der Waals surface area contributed by atoms with Crippen LogP contribution in [0.1, 0.15) is 108 Å². The van der Waals surface area contributed by atoms with E-state index in [0.29, 0.717) is 5.92 Å². The average Bonchev–Trinajstić information content (AvgIpc) is 2.81. The molecule has 0 spiro atoms. The second kappa shape index (κ2) is 11.1. The minimum absolute atomic E-state index is 0.422. The van der Waals surface area contributed by atoms with Gasteiger partial charge in [0.05, 0.1) is 0 Å². The highest BCUT2D eigenvalue weighted by Gasteiger charge is 2.32. The van der Waals surface area contributed by atoms with Crippen molar-refractivity contribution >= 4 is 0 Å². The zero-order valence-electron chi connectivity index (χ0n) is 19.5. The largest absolute Gasteiger partial charge is 0.204 e. The Bertz CT molecular complexity index is 699. The van der Waals surface area contributed by atoms with Gasteiger partial charge in [0.25, 0.3) is 0 Å². The van der Waals surface area contributed by atoms with E-state index in [1.807, 2.05) is 0 Å². The summed E-state index contributed by atoms with van der Waals surface area (Å²) < 4.78 is 26.8. The minimum atomic E-state index is -0.726. The van der Waals surface area contributed by atoms with Gasteiger partial charge in [0.2, 0.25) is 0 Å².